The zero-order valence-corrected chi connectivity index (χ0v) is 12.5. The fourth-order valence-electron chi connectivity index (χ4n) is 2.42. The highest BCUT2D eigenvalue weighted by Crippen LogP contribution is 2.16. The second-order valence-electron chi connectivity index (χ2n) is 5.00. The number of aromatic nitrogens is 5. The first-order chi connectivity index (χ1) is 9.62. The molecule has 0 saturated carbocycles. The van der Waals surface area contributed by atoms with E-state index in [4.69, 9.17) is 0 Å². The Kier molecular flexibility index (Phi) is 4.32. The van der Waals surface area contributed by atoms with E-state index in [1.54, 1.807) is 6.33 Å². The van der Waals surface area contributed by atoms with Gasteiger partial charge >= 0.3 is 0 Å². The van der Waals surface area contributed by atoms with Gasteiger partial charge in [-0.25, -0.2) is 9.67 Å². The lowest BCUT2D eigenvalue weighted by Gasteiger charge is -2.10. The van der Waals surface area contributed by atoms with E-state index in [1.807, 2.05) is 23.2 Å². The molecule has 2 aromatic rings. The number of hydrogen-bond donors (Lipinski definition) is 0. The first-order valence-electron chi connectivity index (χ1n) is 7.04. The molecule has 108 valence electrons. The smallest absolute Gasteiger partial charge is 0.153 e. The Morgan fingerprint density at radius 3 is 2.60 bits per heavy atom. The minimum Gasteiger partial charge on any atom is -0.298 e. The van der Waals surface area contributed by atoms with Crippen molar-refractivity contribution in [1.29, 1.82) is 0 Å². The predicted octanol–water partition coefficient (Wildman–Crippen LogP) is 2.04. The summed E-state index contributed by atoms with van der Waals surface area (Å²) in [6.07, 6.45) is 4.00. The number of aldehydes is 1. The van der Waals surface area contributed by atoms with Crippen LogP contribution in [0.2, 0.25) is 0 Å². The van der Waals surface area contributed by atoms with Crippen molar-refractivity contribution < 1.29 is 4.79 Å². The van der Waals surface area contributed by atoms with E-state index in [0.29, 0.717) is 6.54 Å². The highest BCUT2D eigenvalue weighted by molar-refractivity contribution is 5.78. The average Bonchev–Trinajstić information content (AvgIpc) is 3.02. The van der Waals surface area contributed by atoms with Gasteiger partial charge in [0.05, 0.1) is 11.3 Å². The Hall–Kier alpha value is -1.98. The Morgan fingerprint density at radius 1 is 1.30 bits per heavy atom. The molecule has 0 amide bonds. The Bertz CT molecular complexity index is 597. The lowest BCUT2D eigenvalue weighted by molar-refractivity contribution is 0.112. The van der Waals surface area contributed by atoms with Crippen molar-refractivity contribution >= 4 is 6.29 Å². The maximum absolute atomic E-state index is 11.3. The van der Waals surface area contributed by atoms with Crippen LogP contribution in [0.15, 0.2) is 6.33 Å². The molecular weight excluding hydrogens is 254 g/mol. The van der Waals surface area contributed by atoms with Crippen molar-refractivity contribution in [2.24, 2.45) is 0 Å². The van der Waals surface area contributed by atoms with Gasteiger partial charge < -0.3 is 0 Å². The number of aryl methyl sites for hydroxylation is 1. The largest absolute Gasteiger partial charge is 0.298 e. The molecule has 0 spiro atoms. The molecule has 2 heterocycles. The molecule has 0 aromatic carbocycles. The van der Waals surface area contributed by atoms with E-state index in [9.17, 15) is 4.79 Å². The van der Waals surface area contributed by atoms with Gasteiger partial charge in [-0.3, -0.25) is 9.48 Å². The van der Waals surface area contributed by atoms with Gasteiger partial charge in [0.2, 0.25) is 0 Å². The molecule has 0 fully saturated rings. The van der Waals surface area contributed by atoms with Crippen LogP contribution in [0, 0.1) is 0 Å². The molecule has 2 rings (SSSR count). The molecule has 0 unspecified atom stereocenters. The topological polar surface area (TPSA) is 65.6 Å². The van der Waals surface area contributed by atoms with Crippen LogP contribution >= 0.6 is 0 Å². The summed E-state index contributed by atoms with van der Waals surface area (Å²) >= 11 is 0. The summed E-state index contributed by atoms with van der Waals surface area (Å²) in [5, 5.41) is 8.78. The summed E-state index contributed by atoms with van der Waals surface area (Å²) in [5.41, 5.74) is 2.55. The van der Waals surface area contributed by atoms with Crippen molar-refractivity contribution in [3.05, 3.63) is 29.1 Å². The predicted molar refractivity (Wildman–Crippen MR) is 75.9 cm³/mol. The molecule has 2 aromatic heterocycles. The fraction of sp³-hybridized carbons (Fsp3) is 0.571. The summed E-state index contributed by atoms with van der Waals surface area (Å²) in [7, 11) is 0. The van der Waals surface area contributed by atoms with E-state index in [2.05, 4.69) is 29.0 Å². The molecule has 6 nitrogen and oxygen atoms in total. The van der Waals surface area contributed by atoms with E-state index in [1.165, 1.54) is 0 Å². The highest BCUT2D eigenvalue weighted by Gasteiger charge is 2.17. The van der Waals surface area contributed by atoms with E-state index < -0.39 is 0 Å². The van der Waals surface area contributed by atoms with Gasteiger partial charge in [-0.1, -0.05) is 13.8 Å². The Morgan fingerprint density at radius 2 is 2.05 bits per heavy atom. The number of rotatable bonds is 6. The molecule has 6 heteroatoms. The van der Waals surface area contributed by atoms with Crippen LogP contribution in [-0.4, -0.2) is 30.8 Å². The molecule has 0 radical (unpaired) electrons. The fourth-order valence-corrected chi connectivity index (χ4v) is 2.42. The number of carbonyl (C=O) groups excluding carboxylic acids is 1. The maximum atomic E-state index is 11.3. The van der Waals surface area contributed by atoms with Crippen molar-refractivity contribution in [2.45, 2.75) is 53.1 Å². The number of hydrogen-bond acceptors (Lipinski definition) is 4. The summed E-state index contributed by atoms with van der Waals surface area (Å²) in [4.78, 5) is 15.6. The van der Waals surface area contributed by atoms with E-state index in [0.717, 1.165) is 41.9 Å². The molecule has 0 aliphatic heterocycles. The van der Waals surface area contributed by atoms with Crippen LogP contribution in [0.5, 0.6) is 0 Å². The molecule has 0 aliphatic rings. The monoisotopic (exact) mass is 275 g/mol. The Labute approximate surface area is 118 Å². The van der Waals surface area contributed by atoms with E-state index >= 15 is 0 Å². The minimum absolute atomic E-state index is 0.254. The molecule has 20 heavy (non-hydrogen) atoms. The Balaban J connectivity index is 2.40. The summed E-state index contributed by atoms with van der Waals surface area (Å²) in [6.45, 7) is 8.72. The lowest BCUT2D eigenvalue weighted by atomic mass is 10.1. The van der Waals surface area contributed by atoms with Gasteiger partial charge in [-0.05, 0) is 26.7 Å². The zero-order valence-electron chi connectivity index (χ0n) is 12.5. The average molecular weight is 275 g/mol. The number of nitrogens with zero attached hydrogens (tertiary/aromatic N) is 5. The van der Waals surface area contributed by atoms with E-state index in [-0.39, 0.29) is 6.04 Å². The standard InChI is InChI=1S/C14H21N5O/c1-5-12-11(8-20)13(6-2)18(17-12)7-14-15-9-16-19(14)10(3)4/h8-10H,5-7H2,1-4H3. The maximum Gasteiger partial charge on any atom is 0.153 e. The van der Waals surface area contributed by atoms with Gasteiger partial charge in [0.15, 0.2) is 6.29 Å². The van der Waals surface area contributed by atoms with Crippen molar-refractivity contribution in [2.75, 3.05) is 0 Å². The molecular formula is C14H21N5O. The van der Waals surface area contributed by atoms with Crippen LogP contribution in [0.4, 0.5) is 0 Å². The van der Waals surface area contributed by atoms with Crippen LogP contribution in [0.25, 0.3) is 0 Å². The molecule has 0 atom stereocenters. The van der Waals surface area contributed by atoms with Gasteiger partial charge in [-0.2, -0.15) is 10.2 Å². The third-order valence-electron chi connectivity index (χ3n) is 3.39. The second-order valence-corrected chi connectivity index (χ2v) is 5.00. The number of carbonyl (C=O) groups is 1. The van der Waals surface area contributed by atoms with Crippen LogP contribution < -0.4 is 0 Å². The third-order valence-corrected chi connectivity index (χ3v) is 3.39. The first-order valence-corrected chi connectivity index (χ1v) is 7.04. The quantitative estimate of drug-likeness (QED) is 0.757. The van der Waals surface area contributed by atoms with Crippen LogP contribution in [-0.2, 0) is 19.4 Å². The normalized spacial score (nSPS) is 11.2. The third kappa shape index (κ3) is 2.50. The summed E-state index contributed by atoms with van der Waals surface area (Å²) < 4.78 is 3.76. The second kappa shape index (κ2) is 5.98. The van der Waals surface area contributed by atoms with Crippen molar-refractivity contribution in [1.82, 2.24) is 24.5 Å². The molecule has 0 saturated heterocycles. The lowest BCUT2D eigenvalue weighted by Crippen LogP contribution is -2.14. The van der Waals surface area contributed by atoms with Crippen LogP contribution in [0.1, 0.15) is 61.3 Å². The van der Waals surface area contributed by atoms with Crippen molar-refractivity contribution in [3.8, 4) is 0 Å². The van der Waals surface area contributed by atoms with Gasteiger partial charge in [0.1, 0.15) is 18.7 Å². The zero-order chi connectivity index (χ0) is 14.7. The van der Waals surface area contributed by atoms with Gasteiger partial charge in [-0.15, -0.1) is 0 Å². The van der Waals surface area contributed by atoms with Gasteiger partial charge in [0, 0.05) is 11.7 Å². The SMILES string of the molecule is CCc1nn(Cc2ncnn2C(C)C)c(CC)c1C=O. The van der Waals surface area contributed by atoms with Gasteiger partial charge in [0.25, 0.3) is 0 Å². The molecule has 0 bridgehead atoms. The minimum atomic E-state index is 0.254. The summed E-state index contributed by atoms with van der Waals surface area (Å²) in [5.74, 6) is 0.859. The first kappa shape index (κ1) is 14.4. The van der Waals surface area contributed by atoms with Crippen LogP contribution in [0.3, 0.4) is 0 Å². The molecule has 0 aliphatic carbocycles. The summed E-state index contributed by atoms with van der Waals surface area (Å²) in [6, 6.07) is 0.254. The highest BCUT2D eigenvalue weighted by atomic mass is 16.1. The molecule has 0 N–H and O–H groups in total. The van der Waals surface area contributed by atoms with Crippen molar-refractivity contribution in [3.63, 3.8) is 0 Å².